The second-order valence-corrected chi connectivity index (χ2v) is 5.25. The largest absolute Gasteiger partial charge is 0.396 e. The fourth-order valence-corrected chi connectivity index (χ4v) is 2.42. The molecule has 2 unspecified atom stereocenters. The summed E-state index contributed by atoms with van der Waals surface area (Å²) >= 11 is 1.41. The normalized spacial score (nSPS) is 14.5. The van der Waals surface area contributed by atoms with Gasteiger partial charge in [0.05, 0.1) is 0 Å². The van der Waals surface area contributed by atoms with Gasteiger partial charge < -0.3 is 10.4 Å². The molecule has 102 valence electrons. The fraction of sp³-hybridized carbons (Fsp3) is 0.571. The van der Waals surface area contributed by atoms with Crippen molar-refractivity contribution < 1.29 is 9.50 Å². The molecule has 4 heteroatoms. The zero-order valence-electron chi connectivity index (χ0n) is 11.2. The van der Waals surface area contributed by atoms with Gasteiger partial charge in [-0.25, -0.2) is 4.39 Å². The SMILES string of the molecule is CCC(CCO)NC(C)c1ccc(SC)c(F)c1. The van der Waals surface area contributed by atoms with Crippen molar-refractivity contribution in [1.29, 1.82) is 0 Å². The Bertz CT molecular complexity index is 373. The predicted molar refractivity (Wildman–Crippen MR) is 75.5 cm³/mol. The Morgan fingerprint density at radius 3 is 2.67 bits per heavy atom. The summed E-state index contributed by atoms with van der Waals surface area (Å²) in [4.78, 5) is 0.674. The highest BCUT2D eigenvalue weighted by atomic mass is 32.2. The van der Waals surface area contributed by atoms with Crippen LogP contribution in [0.15, 0.2) is 23.1 Å². The number of thioether (sulfide) groups is 1. The number of benzene rings is 1. The van der Waals surface area contributed by atoms with Crippen molar-refractivity contribution in [2.24, 2.45) is 0 Å². The van der Waals surface area contributed by atoms with E-state index in [2.05, 4.69) is 12.2 Å². The van der Waals surface area contributed by atoms with E-state index in [4.69, 9.17) is 5.11 Å². The van der Waals surface area contributed by atoms with E-state index in [1.54, 1.807) is 6.07 Å². The van der Waals surface area contributed by atoms with Crippen molar-refractivity contribution in [2.75, 3.05) is 12.9 Å². The molecule has 2 nitrogen and oxygen atoms in total. The van der Waals surface area contributed by atoms with Gasteiger partial charge in [-0.05, 0) is 43.7 Å². The monoisotopic (exact) mass is 271 g/mol. The molecule has 0 aliphatic rings. The molecule has 1 rings (SSSR count). The summed E-state index contributed by atoms with van der Waals surface area (Å²) in [5.41, 5.74) is 0.946. The van der Waals surface area contributed by atoms with E-state index in [1.165, 1.54) is 11.8 Å². The molecule has 0 saturated heterocycles. The van der Waals surface area contributed by atoms with Crippen molar-refractivity contribution in [3.05, 3.63) is 29.6 Å². The minimum atomic E-state index is -0.163. The molecule has 0 spiro atoms. The first-order valence-corrected chi connectivity index (χ1v) is 7.55. The molecule has 2 atom stereocenters. The van der Waals surface area contributed by atoms with E-state index in [-0.39, 0.29) is 24.5 Å². The molecule has 0 heterocycles. The second kappa shape index (κ2) is 7.77. The Balaban J connectivity index is 2.71. The zero-order chi connectivity index (χ0) is 13.5. The smallest absolute Gasteiger partial charge is 0.137 e. The number of hydrogen-bond donors (Lipinski definition) is 2. The van der Waals surface area contributed by atoms with Crippen LogP contribution in [0.2, 0.25) is 0 Å². The third-order valence-corrected chi connectivity index (χ3v) is 3.90. The molecule has 0 aliphatic heterocycles. The molecule has 0 fully saturated rings. The van der Waals surface area contributed by atoms with Crippen LogP contribution in [0.1, 0.15) is 38.3 Å². The van der Waals surface area contributed by atoms with Crippen molar-refractivity contribution in [3.63, 3.8) is 0 Å². The second-order valence-electron chi connectivity index (χ2n) is 4.40. The van der Waals surface area contributed by atoms with Crippen LogP contribution in [-0.2, 0) is 0 Å². The minimum Gasteiger partial charge on any atom is -0.396 e. The van der Waals surface area contributed by atoms with Crippen LogP contribution in [0.5, 0.6) is 0 Å². The predicted octanol–water partition coefficient (Wildman–Crippen LogP) is 3.36. The van der Waals surface area contributed by atoms with Gasteiger partial charge in [0.2, 0.25) is 0 Å². The zero-order valence-corrected chi connectivity index (χ0v) is 12.1. The first-order chi connectivity index (χ1) is 8.62. The number of rotatable bonds is 7. The van der Waals surface area contributed by atoms with Gasteiger partial charge in [-0.3, -0.25) is 0 Å². The van der Waals surface area contributed by atoms with Crippen LogP contribution < -0.4 is 5.32 Å². The maximum Gasteiger partial charge on any atom is 0.137 e. The summed E-state index contributed by atoms with van der Waals surface area (Å²) in [5.74, 6) is -0.163. The van der Waals surface area contributed by atoms with E-state index in [0.29, 0.717) is 4.90 Å². The van der Waals surface area contributed by atoms with E-state index in [0.717, 1.165) is 18.4 Å². The number of halogens is 1. The molecular formula is C14H22FNOS. The summed E-state index contributed by atoms with van der Waals surface area (Å²) < 4.78 is 13.7. The van der Waals surface area contributed by atoms with Gasteiger partial charge in [0, 0.05) is 23.6 Å². The first-order valence-electron chi connectivity index (χ1n) is 6.32. The molecule has 0 aromatic heterocycles. The van der Waals surface area contributed by atoms with E-state index in [9.17, 15) is 4.39 Å². The van der Waals surface area contributed by atoms with Gasteiger partial charge >= 0.3 is 0 Å². The maximum atomic E-state index is 13.7. The number of aliphatic hydroxyl groups is 1. The number of hydrogen-bond acceptors (Lipinski definition) is 3. The molecule has 2 N–H and O–H groups in total. The van der Waals surface area contributed by atoms with Crippen molar-refractivity contribution >= 4 is 11.8 Å². The highest BCUT2D eigenvalue weighted by molar-refractivity contribution is 7.98. The Kier molecular flexibility index (Phi) is 6.68. The van der Waals surface area contributed by atoms with E-state index in [1.807, 2.05) is 25.3 Å². The Morgan fingerprint density at radius 2 is 2.17 bits per heavy atom. The maximum absolute atomic E-state index is 13.7. The Morgan fingerprint density at radius 1 is 1.44 bits per heavy atom. The molecule has 1 aromatic carbocycles. The molecule has 0 aliphatic carbocycles. The summed E-state index contributed by atoms with van der Waals surface area (Å²) in [5, 5.41) is 12.4. The van der Waals surface area contributed by atoms with Crippen LogP contribution in [0, 0.1) is 5.82 Å². The minimum absolute atomic E-state index is 0.0897. The highest BCUT2D eigenvalue weighted by Gasteiger charge is 2.13. The van der Waals surface area contributed by atoms with Gasteiger partial charge in [-0.2, -0.15) is 0 Å². The molecule has 1 aromatic rings. The summed E-state index contributed by atoms with van der Waals surface area (Å²) in [6.45, 7) is 4.28. The molecule has 0 radical (unpaired) electrons. The van der Waals surface area contributed by atoms with Crippen LogP contribution in [0.25, 0.3) is 0 Å². The number of aliphatic hydroxyl groups excluding tert-OH is 1. The van der Waals surface area contributed by atoms with Gasteiger partial charge in [-0.15, -0.1) is 11.8 Å². The molecule has 0 amide bonds. The molecular weight excluding hydrogens is 249 g/mol. The quantitative estimate of drug-likeness (QED) is 0.746. The van der Waals surface area contributed by atoms with Crippen molar-refractivity contribution in [2.45, 2.75) is 43.7 Å². The van der Waals surface area contributed by atoms with Gasteiger partial charge in [0.15, 0.2) is 0 Å². The molecule has 18 heavy (non-hydrogen) atoms. The van der Waals surface area contributed by atoms with Crippen LogP contribution in [0.3, 0.4) is 0 Å². The van der Waals surface area contributed by atoms with Crippen LogP contribution in [0.4, 0.5) is 4.39 Å². The van der Waals surface area contributed by atoms with Gasteiger partial charge in [0.25, 0.3) is 0 Å². The topological polar surface area (TPSA) is 32.3 Å². The fourth-order valence-electron chi connectivity index (χ4n) is 1.96. The number of nitrogens with one attached hydrogen (secondary N) is 1. The highest BCUT2D eigenvalue weighted by Crippen LogP contribution is 2.23. The third kappa shape index (κ3) is 4.26. The van der Waals surface area contributed by atoms with Crippen molar-refractivity contribution in [1.82, 2.24) is 5.32 Å². The van der Waals surface area contributed by atoms with Crippen LogP contribution in [-0.4, -0.2) is 24.0 Å². The van der Waals surface area contributed by atoms with Gasteiger partial charge in [-0.1, -0.05) is 13.0 Å². The van der Waals surface area contributed by atoms with E-state index < -0.39 is 0 Å². The first kappa shape index (κ1) is 15.5. The summed E-state index contributed by atoms with van der Waals surface area (Å²) in [7, 11) is 0. The third-order valence-electron chi connectivity index (χ3n) is 3.13. The van der Waals surface area contributed by atoms with Crippen molar-refractivity contribution in [3.8, 4) is 0 Å². The molecule has 0 bridgehead atoms. The Hall–Kier alpha value is -0.580. The lowest BCUT2D eigenvalue weighted by atomic mass is 10.1. The lowest BCUT2D eigenvalue weighted by molar-refractivity contribution is 0.257. The lowest BCUT2D eigenvalue weighted by Crippen LogP contribution is -2.31. The summed E-state index contributed by atoms with van der Waals surface area (Å²) in [6, 6.07) is 5.73. The molecule has 0 saturated carbocycles. The van der Waals surface area contributed by atoms with E-state index >= 15 is 0 Å². The van der Waals surface area contributed by atoms with Crippen LogP contribution >= 0.6 is 11.8 Å². The summed E-state index contributed by atoms with van der Waals surface area (Å²) in [6.07, 6.45) is 3.55. The Labute approximate surface area is 113 Å². The average molecular weight is 271 g/mol. The average Bonchev–Trinajstić information content (AvgIpc) is 2.37. The standard InChI is InChI=1S/C14H22FNOS/c1-4-12(7-8-17)16-10(2)11-5-6-14(18-3)13(15)9-11/h5-6,9-10,12,16-17H,4,7-8H2,1-3H3. The van der Waals surface area contributed by atoms with Gasteiger partial charge in [0.1, 0.15) is 5.82 Å². The lowest BCUT2D eigenvalue weighted by Gasteiger charge is -2.22.